The van der Waals surface area contributed by atoms with Crippen molar-refractivity contribution in [2.45, 2.75) is 4.90 Å². The molecule has 1 saturated heterocycles. The highest BCUT2D eigenvalue weighted by molar-refractivity contribution is 7.98. The van der Waals surface area contributed by atoms with Crippen molar-refractivity contribution in [2.75, 3.05) is 32.4 Å². The first kappa shape index (κ1) is 16.7. The number of nitrogens with zero attached hydrogens (tertiary/aromatic N) is 2. The Kier molecular flexibility index (Phi) is 6.25. The summed E-state index contributed by atoms with van der Waals surface area (Å²) < 4.78 is 0. The van der Waals surface area contributed by atoms with Crippen molar-refractivity contribution >= 4 is 35.8 Å². The Morgan fingerprint density at radius 2 is 2.05 bits per heavy atom. The zero-order chi connectivity index (χ0) is 13.8. The van der Waals surface area contributed by atoms with Gasteiger partial charge in [-0.2, -0.15) is 0 Å². The van der Waals surface area contributed by atoms with Crippen molar-refractivity contribution in [3.05, 3.63) is 33.9 Å². The van der Waals surface area contributed by atoms with Crippen LogP contribution < -0.4 is 5.32 Å². The molecular formula is C12H16ClN3O3S. The lowest BCUT2D eigenvalue weighted by atomic mass is 10.1. The molecule has 0 atom stereocenters. The zero-order valence-electron chi connectivity index (χ0n) is 11.0. The predicted molar refractivity (Wildman–Crippen MR) is 80.9 cm³/mol. The topological polar surface area (TPSA) is 75.5 Å². The summed E-state index contributed by atoms with van der Waals surface area (Å²) in [5, 5.41) is 14.2. The van der Waals surface area contributed by atoms with Crippen LogP contribution in [0, 0.1) is 10.1 Å². The van der Waals surface area contributed by atoms with Crippen LogP contribution in [0.3, 0.4) is 0 Å². The first-order valence-corrected chi connectivity index (χ1v) is 7.18. The molecule has 1 aliphatic heterocycles. The quantitative estimate of drug-likeness (QED) is 0.522. The van der Waals surface area contributed by atoms with Crippen LogP contribution in [-0.2, 0) is 0 Å². The van der Waals surface area contributed by atoms with Crippen molar-refractivity contribution in [1.82, 2.24) is 10.2 Å². The van der Waals surface area contributed by atoms with Crippen molar-refractivity contribution < 1.29 is 9.72 Å². The number of carbonyl (C=O) groups excluding carboxylic acids is 1. The Morgan fingerprint density at radius 1 is 1.40 bits per heavy atom. The van der Waals surface area contributed by atoms with E-state index in [4.69, 9.17) is 0 Å². The number of amides is 1. The second kappa shape index (κ2) is 7.47. The van der Waals surface area contributed by atoms with Gasteiger partial charge in [-0.05, 0) is 18.4 Å². The maximum atomic E-state index is 12.4. The first-order chi connectivity index (χ1) is 9.13. The van der Waals surface area contributed by atoms with Gasteiger partial charge in [-0.3, -0.25) is 14.9 Å². The third-order valence-electron chi connectivity index (χ3n) is 3.04. The van der Waals surface area contributed by atoms with E-state index in [-0.39, 0.29) is 29.6 Å². The van der Waals surface area contributed by atoms with Crippen LogP contribution in [0.2, 0.25) is 0 Å². The second-order valence-corrected chi connectivity index (χ2v) is 5.06. The van der Waals surface area contributed by atoms with Gasteiger partial charge in [0.05, 0.1) is 4.92 Å². The molecule has 0 aliphatic carbocycles. The maximum Gasteiger partial charge on any atom is 0.282 e. The summed E-state index contributed by atoms with van der Waals surface area (Å²) in [6.45, 7) is 2.61. The molecule has 0 radical (unpaired) electrons. The fourth-order valence-electron chi connectivity index (χ4n) is 2.01. The molecule has 110 valence electrons. The van der Waals surface area contributed by atoms with Gasteiger partial charge in [-0.1, -0.05) is 0 Å². The van der Waals surface area contributed by atoms with E-state index in [1.807, 2.05) is 6.26 Å². The van der Waals surface area contributed by atoms with Gasteiger partial charge in [0, 0.05) is 37.1 Å². The number of nitro benzene ring substituents is 1. The molecule has 1 aromatic rings. The summed E-state index contributed by atoms with van der Waals surface area (Å²) >= 11 is 1.46. The fraction of sp³-hybridized carbons (Fsp3) is 0.417. The van der Waals surface area contributed by atoms with E-state index in [1.54, 1.807) is 17.0 Å². The Bertz CT molecular complexity index is 507. The van der Waals surface area contributed by atoms with Crippen LogP contribution in [0.15, 0.2) is 23.1 Å². The molecule has 0 bridgehead atoms. The summed E-state index contributed by atoms with van der Waals surface area (Å²) in [6, 6.07) is 4.67. The van der Waals surface area contributed by atoms with Gasteiger partial charge >= 0.3 is 0 Å². The molecule has 0 spiro atoms. The van der Waals surface area contributed by atoms with Crippen LogP contribution in [0.25, 0.3) is 0 Å². The van der Waals surface area contributed by atoms with Gasteiger partial charge in [0.25, 0.3) is 11.6 Å². The van der Waals surface area contributed by atoms with E-state index in [0.717, 1.165) is 18.0 Å². The number of benzene rings is 1. The maximum absolute atomic E-state index is 12.4. The summed E-state index contributed by atoms with van der Waals surface area (Å²) in [6.07, 6.45) is 1.88. The molecule has 1 aliphatic rings. The molecule has 6 nitrogen and oxygen atoms in total. The van der Waals surface area contributed by atoms with Gasteiger partial charge in [-0.15, -0.1) is 24.2 Å². The minimum absolute atomic E-state index is 0. The number of hydrogen-bond acceptors (Lipinski definition) is 5. The van der Waals surface area contributed by atoms with Crippen LogP contribution >= 0.6 is 24.2 Å². The molecular weight excluding hydrogens is 302 g/mol. The summed E-state index contributed by atoms with van der Waals surface area (Å²) in [4.78, 5) is 25.4. The Labute approximate surface area is 127 Å². The minimum atomic E-state index is -0.500. The average molecular weight is 318 g/mol. The summed E-state index contributed by atoms with van der Waals surface area (Å²) in [5.74, 6) is -0.260. The lowest BCUT2D eigenvalue weighted by Crippen LogP contribution is -2.46. The third-order valence-corrected chi connectivity index (χ3v) is 3.76. The number of carbonyl (C=O) groups is 1. The number of thioether (sulfide) groups is 1. The molecule has 2 rings (SSSR count). The van der Waals surface area contributed by atoms with Crippen molar-refractivity contribution in [2.24, 2.45) is 0 Å². The first-order valence-electron chi connectivity index (χ1n) is 5.96. The monoisotopic (exact) mass is 317 g/mol. The summed E-state index contributed by atoms with van der Waals surface area (Å²) in [7, 11) is 0. The number of nitro groups is 1. The molecule has 1 heterocycles. The number of hydrogen-bond donors (Lipinski definition) is 1. The van der Waals surface area contributed by atoms with E-state index in [0.29, 0.717) is 13.1 Å². The molecule has 1 aromatic carbocycles. The SMILES string of the molecule is CSc1ccc([N+](=O)[O-])c(C(=O)N2CCNCC2)c1.Cl. The largest absolute Gasteiger partial charge is 0.336 e. The molecule has 0 saturated carbocycles. The fourth-order valence-corrected chi connectivity index (χ4v) is 2.45. The Hall–Kier alpha value is -1.31. The molecule has 0 unspecified atom stereocenters. The Balaban J connectivity index is 0.00000200. The molecule has 8 heteroatoms. The molecule has 0 aromatic heterocycles. The van der Waals surface area contributed by atoms with Gasteiger partial charge in [0.15, 0.2) is 0 Å². The smallest absolute Gasteiger partial charge is 0.282 e. The number of nitrogens with one attached hydrogen (secondary N) is 1. The van der Waals surface area contributed by atoms with Crippen LogP contribution in [0.1, 0.15) is 10.4 Å². The zero-order valence-corrected chi connectivity index (χ0v) is 12.6. The Morgan fingerprint density at radius 3 is 2.60 bits per heavy atom. The second-order valence-electron chi connectivity index (χ2n) is 4.18. The van der Waals surface area contributed by atoms with Gasteiger partial charge in [0.1, 0.15) is 5.56 Å². The highest BCUT2D eigenvalue weighted by atomic mass is 35.5. The normalized spacial score (nSPS) is 14.6. The van der Waals surface area contributed by atoms with Crippen molar-refractivity contribution in [1.29, 1.82) is 0 Å². The highest BCUT2D eigenvalue weighted by Crippen LogP contribution is 2.26. The predicted octanol–water partition coefficient (Wildman–Crippen LogP) is 1.78. The minimum Gasteiger partial charge on any atom is -0.336 e. The third kappa shape index (κ3) is 3.62. The van der Waals surface area contributed by atoms with Crippen LogP contribution in [0.5, 0.6) is 0 Å². The van der Waals surface area contributed by atoms with Gasteiger partial charge in [-0.25, -0.2) is 0 Å². The summed E-state index contributed by atoms with van der Waals surface area (Å²) in [5.41, 5.74) is 0.0556. The van der Waals surface area contributed by atoms with E-state index < -0.39 is 4.92 Å². The molecule has 20 heavy (non-hydrogen) atoms. The number of rotatable bonds is 3. The average Bonchev–Trinajstić information content (AvgIpc) is 2.46. The molecule has 1 fully saturated rings. The molecule has 1 N–H and O–H groups in total. The van der Waals surface area contributed by atoms with Crippen molar-refractivity contribution in [3.8, 4) is 0 Å². The van der Waals surface area contributed by atoms with Gasteiger partial charge in [0.2, 0.25) is 0 Å². The van der Waals surface area contributed by atoms with E-state index >= 15 is 0 Å². The van der Waals surface area contributed by atoms with Crippen molar-refractivity contribution in [3.63, 3.8) is 0 Å². The standard InChI is InChI=1S/C12H15N3O3S.ClH/c1-19-9-2-3-11(15(17)18)10(8-9)12(16)14-6-4-13-5-7-14;/h2-3,8,13H,4-7H2,1H3;1H. The van der Waals surface area contributed by atoms with Gasteiger partial charge < -0.3 is 10.2 Å². The van der Waals surface area contributed by atoms with E-state index in [9.17, 15) is 14.9 Å². The van der Waals surface area contributed by atoms with E-state index in [2.05, 4.69) is 5.32 Å². The number of piperazine rings is 1. The molecule has 1 amide bonds. The lowest BCUT2D eigenvalue weighted by Gasteiger charge is -2.27. The van der Waals surface area contributed by atoms with E-state index in [1.165, 1.54) is 17.8 Å². The van der Waals surface area contributed by atoms with Crippen LogP contribution in [-0.4, -0.2) is 48.2 Å². The van der Waals surface area contributed by atoms with Crippen LogP contribution in [0.4, 0.5) is 5.69 Å². The lowest BCUT2D eigenvalue weighted by molar-refractivity contribution is -0.385. The highest BCUT2D eigenvalue weighted by Gasteiger charge is 2.25. The number of halogens is 1.